The highest BCUT2D eigenvalue weighted by atomic mass is 35.5. The minimum absolute atomic E-state index is 0.259. The van der Waals surface area contributed by atoms with Gasteiger partial charge in [0.2, 0.25) is 0 Å². The molecule has 0 fully saturated rings. The lowest BCUT2D eigenvalue weighted by Gasteiger charge is -2.10. The second kappa shape index (κ2) is 5.71. The summed E-state index contributed by atoms with van der Waals surface area (Å²) in [4.78, 5) is 16.0. The zero-order chi connectivity index (χ0) is 13.8. The second-order valence-corrected chi connectivity index (χ2v) is 4.45. The van der Waals surface area contributed by atoms with Crippen molar-refractivity contribution in [1.82, 2.24) is 4.98 Å². The van der Waals surface area contributed by atoms with Crippen LogP contribution in [0.4, 0.5) is 5.69 Å². The quantitative estimate of drug-likeness (QED) is 0.936. The summed E-state index contributed by atoms with van der Waals surface area (Å²) in [5, 5.41) is 3.22. The number of carbonyl (C=O) groups is 1. The molecule has 1 amide bonds. The molecule has 0 radical (unpaired) electrons. The fourth-order valence-corrected chi connectivity index (χ4v) is 1.78. The van der Waals surface area contributed by atoms with Gasteiger partial charge in [0, 0.05) is 11.2 Å². The molecule has 1 aromatic carbocycles. The first kappa shape index (κ1) is 13.4. The highest BCUT2D eigenvalue weighted by Crippen LogP contribution is 2.25. The largest absolute Gasteiger partial charge is 0.495 e. The van der Waals surface area contributed by atoms with E-state index >= 15 is 0 Å². The van der Waals surface area contributed by atoms with Crippen LogP contribution in [0.5, 0.6) is 5.75 Å². The lowest BCUT2D eigenvalue weighted by molar-refractivity contribution is 0.102. The number of methoxy groups -OCH3 is 1. The number of nitrogens with zero attached hydrogens (tertiary/aromatic N) is 1. The molecule has 0 aliphatic rings. The van der Waals surface area contributed by atoms with E-state index in [1.54, 1.807) is 19.2 Å². The number of carbonyl (C=O) groups excluding carboxylic acids is 1. The van der Waals surface area contributed by atoms with Crippen LogP contribution >= 0.6 is 11.6 Å². The fourth-order valence-electron chi connectivity index (χ4n) is 1.62. The van der Waals surface area contributed by atoms with Crippen molar-refractivity contribution in [1.29, 1.82) is 0 Å². The summed E-state index contributed by atoms with van der Waals surface area (Å²) in [7, 11) is 1.56. The van der Waals surface area contributed by atoms with Crippen molar-refractivity contribution < 1.29 is 9.53 Å². The second-order valence-electron chi connectivity index (χ2n) is 4.02. The van der Waals surface area contributed by atoms with Crippen LogP contribution in [0.2, 0.25) is 5.02 Å². The summed E-state index contributed by atoms with van der Waals surface area (Å²) in [5.74, 6) is 0.278. The molecule has 19 heavy (non-hydrogen) atoms. The van der Waals surface area contributed by atoms with Gasteiger partial charge in [0.05, 0.1) is 12.8 Å². The highest BCUT2D eigenvalue weighted by Gasteiger charge is 2.11. The minimum atomic E-state index is -0.329. The molecule has 2 aromatic rings. The predicted molar refractivity (Wildman–Crippen MR) is 74.9 cm³/mol. The average molecular weight is 277 g/mol. The predicted octanol–water partition coefficient (Wildman–Crippen LogP) is 3.30. The number of halogens is 1. The van der Waals surface area contributed by atoms with Crippen molar-refractivity contribution in [3.63, 3.8) is 0 Å². The molecule has 1 aromatic heterocycles. The maximum atomic E-state index is 12.0. The topological polar surface area (TPSA) is 51.2 Å². The van der Waals surface area contributed by atoms with Gasteiger partial charge in [-0.05, 0) is 36.8 Å². The molecular weight excluding hydrogens is 264 g/mol. The zero-order valence-corrected chi connectivity index (χ0v) is 11.4. The molecule has 0 aliphatic heterocycles. The van der Waals surface area contributed by atoms with E-state index in [0.29, 0.717) is 16.5 Å². The molecule has 98 valence electrons. The van der Waals surface area contributed by atoms with Crippen LogP contribution in [0.25, 0.3) is 0 Å². The van der Waals surface area contributed by atoms with Crippen molar-refractivity contribution in [3.8, 4) is 5.75 Å². The lowest BCUT2D eigenvalue weighted by atomic mass is 10.2. The number of aryl methyl sites for hydroxylation is 1. The Morgan fingerprint density at radius 2 is 2.11 bits per heavy atom. The Balaban J connectivity index is 2.24. The first-order chi connectivity index (χ1) is 9.10. The fraction of sp³-hybridized carbons (Fsp3) is 0.143. The number of hydrogen-bond donors (Lipinski definition) is 1. The Hall–Kier alpha value is -2.07. The van der Waals surface area contributed by atoms with Crippen LogP contribution in [0.3, 0.4) is 0 Å². The third kappa shape index (κ3) is 3.23. The van der Waals surface area contributed by atoms with Crippen molar-refractivity contribution in [2.24, 2.45) is 0 Å². The molecular formula is C14H13ClN2O2. The van der Waals surface area contributed by atoms with Crippen molar-refractivity contribution in [2.75, 3.05) is 12.4 Å². The van der Waals surface area contributed by atoms with Crippen LogP contribution in [-0.2, 0) is 0 Å². The van der Waals surface area contributed by atoms with Gasteiger partial charge in [-0.2, -0.15) is 0 Å². The van der Waals surface area contributed by atoms with Gasteiger partial charge < -0.3 is 10.1 Å². The molecule has 0 atom stereocenters. The minimum Gasteiger partial charge on any atom is -0.495 e. The summed E-state index contributed by atoms with van der Waals surface area (Å²) in [6.45, 7) is 1.95. The van der Waals surface area contributed by atoms with Crippen LogP contribution in [0.15, 0.2) is 36.5 Å². The van der Waals surface area contributed by atoms with E-state index in [1.165, 1.54) is 12.3 Å². The summed E-state index contributed by atoms with van der Waals surface area (Å²) < 4.78 is 5.23. The zero-order valence-electron chi connectivity index (χ0n) is 10.6. The summed E-state index contributed by atoms with van der Waals surface area (Å²) in [5.41, 5.74) is 1.91. The average Bonchev–Trinajstić information content (AvgIpc) is 2.40. The standard InChI is InChI=1S/C14H13ClN2O2/c1-9-3-4-11(13(7-9)19-2)17-14(18)12-8-10(15)5-6-16-12/h3-8H,1-2H3,(H,17,18). The van der Waals surface area contributed by atoms with Gasteiger partial charge in [-0.25, -0.2) is 0 Å². The lowest BCUT2D eigenvalue weighted by Crippen LogP contribution is -2.14. The Bertz CT molecular complexity index is 614. The summed E-state index contributed by atoms with van der Waals surface area (Å²) >= 11 is 5.83. The van der Waals surface area contributed by atoms with Gasteiger partial charge in [-0.3, -0.25) is 9.78 Å². The number of rotatable bonds is 3. The number of amides is 1. The van der Waals surface area contributed by atoms with E-state index in [9.17, 15) is 4.79 Å². The summed E-state index contributed by atoms with van der Waals surface area (Å²) in [6, 6.07) is 8.66. The molecule has 1 heterocycles. The molecule has 0 spiro atoms. The van der Waals surface area contributed by atoms with Crippen molar-refractivity contribution >= 4 is 23.2 Å². The van der Waals surface area contributed by atoms with E-state index in [0.717, 1.165) is 5.56 Å². The van der Waals surface area contributed by atoms with Gasteiger partial charge in [0.1, 0.15) is 11.4 Å². The Morgan fingerprint density at radius 3 is 2.79 bits per heavy atom. The first-order valence-corrected chi connectivity index (χ1v) is 6.05. The van der Waals surface area contributed by atoms with Gasteiger partial charge in [0.25, 0.3) is 5.91 Å². The van der Waals surface area contributed by atoms with Gasteiger partial charge >= 0.3 is 0 Å². The van der Waals surface area contributed by atoms with Crippen LogP contribution in [0, 0.1) is 6.92 Å². The molecule has 0 saturated carbocycles. The smallest absolute Gasteiger partial charge is 0.274 e. The van der Waals surface area contributed by atoms with Gasteiger partial charge in [0.15, 0.2) is 0 Å². The Kier molecular flexibility index (Phi) is 4.02. The number of aromatic nitrogens is 1. The SMILES string of the molecule is COc1cc(C)ccc1NC(=O)c1cc(Cl)ccn1. The maximum absolute atomic E-state index is 12.0. The third-order valence-electron chi connectivity index (χ3n) is 2.56. The van der Waals surface area contributed by atoms with Gasteiger partial charge in [-0.15, -0.1) is 0 Å². The number of benzene rings is 1. The van der Waals surface area contributed by atoms with Crippen LogP contribution < -0.4 is 10.1 Å². The maximum Gasteiger partial charge on any atom is 0.274 e. The molecule has 0 aliphatic carbocycles. The highest BCUT2D eigenvalue weighted by molar-refractivity contribution is 6.30. The summed E-state index contributed by atoms with van der Waals surface area (Å²) in [6.07, 6.45) is 1.49. The number of anilines is 1. The number of pyridine rings is 1. The molecule has 5 heteroatoms. The molecule has 4 nitrogen and oxygen atoms in total. The monoisotopic (exact) mass is 276 g/mol. The van der Waals surface area contributed by atoms with Crippen molar-refractivity contribution in [3.05, 3.63) is 52.8 Å². The Morgan fingerprint density at radius 1 is 1.32 bits per heavy atom. The van der Waals surface area contributed by atoms with Gasteiger partial charge in [-0.1, -0.05) is 17.7 Å². The third-order valence-corrected chi connectivity index (χ3v) is 2.79. The van der Waals surface area contributed by atoms with E-state index in [1.807, 2.05) is 19.1 Å². The van der Waals surface area contributed by atoms with E-state index < -0.39 is 0 Å². The van der Waals surface area contributed by atoms with E-state index in [4.69, 9.17) is 16.3 Å². The first-order valence-electron chi connectivity index (χ1n) is 5.67. The van der Waals surface area contributed by atoms with Crippen LogP contribution in [-0.4, -0.2) is 18.0 Å². The Labute approximate surface area is 116 Å². The number of ether oxygens (including phenoxy) is 1. The van der Waals surface area contributed by atoms with E-state index in [2.05, 4.69) is 10.3 Å². The molecule has 0 bridgehead atoms. The molecule has 0 saturated heterocycles. The number of nitrogens with one attached hydrogen (secondary N) is 1. The molecule has 1 N–H and O–H groups in total. The van der Waals surface area contributed by atoms with Crippen LogP contribution in [0.1, 0.15) is 16.1 Å². The van der Waals surface area contributed by atoms with E-state index in [-0.39, 0.29) is 11.6 Å². The van der Waals surface area contributed by atoms with Crippen molar-refractivity contribution in [2.45, 2.75) is 6.92 Å². The molecule has 2 rings (SSSR count). The number of hydrogen-bond acceptors (Lipinski definition) is 3. The normalized spacial score (nSPS) is 10.1. The molecule has 0 unspecified atom stereocenters.